The van der Waals surface area contributed by atoms with Crippen molar-refractivity contribution in [1.82, 2.24) is 0 Å². The zero-order valence-corrected chi connectivity index (χ0v) is 11.1. The van der Waals surface area contributed by atoms with E-state index < -0.39 is 5.41 Å². The lowest BCUT2D eigenvalue weighted by molar-refractivity contribution is -0.130. The molecule has 5 heteroatoms. The molecule has 0 bridgehead atoms. The average Bonchev–Trinajstić information content (AvgIpc) is 2.43. The lowest BCUT2D eigenvalue weighted by Gasteiger charge is -2.34. The topological polar surface area (TPSA) is 84.6 Å². The molecule has 1 saturated heterocycles. The van der Waals surface area contributed by atoms with Crippen LogP contribution in [-0.2, 0) is 9.53 Å². The predicted molar refractivity (Wildman–Crippen MR) is 73.0 cm³/mol. The van der Waals surface area contributed by atoms with Crippen LogP contribution in [0.1, 0.15) is 18.4 Å². The number of carbonyl (C=O) groups excluding carboxylic acids is 1. The van der Waals surface area contributed by atoms with Gasteiger partial charge in [0.1, 0.15) is 5.75 Å². The average molecular weight is 264 g/mol. The molecule has 0 radical (unpaired) electrons. The fraction of sp³-hybridized carbons (Fsp3) is 0.500. The third kappa shape index (κ3) is 2.88. The van der Waals surface area contributed by atoms with Crippen molar-refractivity contribution in [1.29, 1.82) is 0 Å². The van der Waals surface area contributed by atoms with Crippen LogP contribution in [0.2, 0.25) is 0 Å². The van der Waals surface area contributed by atoms with Crippen molar-refractivity contribution in [2.24, 2.45) is 11.1 Å². The lowest BCUT2D eigenvalue weighted by atomic mass is 9.79. The molecule has 1 aromatic carbocycles. The number of rotatable bonds is 3. The highest BCUT2D eigenvalue weighted by atomic mass is 16.5. The molecule has 0 saturated carbocycles. The zero-order chi connectivity index (χ0) is 13.9. The zero-order valence-electron chi connectivity index (χ0n) is 11.1. The summed E-state index contributed by atoms with van der Waals surface area (Å²) in [5, 5.41) is 12.5. The number of carbonyl (C=O) groups is 1. The molecule has 2 rings (SSSR count). The fourth-order valence-corrected chi connectivity index (χ4v) is 2.24. The van der Waals surface area contributed by atoms with E-state index in [0.717, 1.165) is 5.56 Å². The summed E-state index contributed by atoms with van der Waals surface area (Å²) in [5.41, 5.74) is 6.59. The molecule has 1 aliphatic rings. The summed E-state index contributed by atoms with van der Waals surface area (Å²) in [6.07, 6.45) is 1.26. The number of ether oxygens (including phenoxy) is 1. The molecule has 0 aromatic heterocycles. The minimum atomic E-state index is -0.557. The van der Waals surface area contributed by atoms with Crippen LogP contribution in [0, 0.1) is 12.3 Å². The van der Waals surface area contributed by atoms with Crippen molar-refractivity contribution in [3.63, 3.8) is 0 Å². The number of phenolic OH excluding ortho intramolecular Hbond substituents is 1. The van der Waals surface area contributed by atoms with Crippen molar-refractivity contribution in [2.45, 2.75) is 19.8 Å². The van der Waals surface area contributed by atoms with Gasteiger partial charge in [0, 0.05) is 31.5 Å². The predicted octanol–water partition coefficient (Wildman–Crippen LogP) is 1.39. The number of hydrogen-bond donors (Lipinski definition) is 3. The molecule has 104 valence electrons. The second-order valence-corrected chi connectivity index (χ2v) is 5.05. The van der Waals surface area contributed by atoms with E-state index in [4.69, 9.17) is 10.5 Å². The largest absolute Gasteiger partial charge is 0.508 e. The van der Waals surface area contributed by atoms with Crippen LogP contribution in [0.5, 0.6) is 5.75 Å². The number of aryl methyl sites for hydroxylation is 1. The lowest BCUT2D eigenvalue weighted by Crippen LogP contribution is -2.46. The van der Waals surface area contributed by atoms with Crippen molar-refractivity contribution in [3.05, 3.63) is 23.8 Å². The molecular formula is C14H20N2O3. The molecular weight excluding hydrogens is 244 g/mol. The summed E-state index contributed by atoms with van der Waals surface area (Å²) in [4.78, 5) is 12.4. The number of hydrogen-bond acceptors (Lipinski definition) is 4. The van der Waals surface area contributed by atoms with E-state index in [1.165, 1.54) is 0 Å². The first-order chi connectivity index (χ1) is 9.07. The Morgan fingerprint density at radius 3 is 2.74 bits per heavy atom. The summed E-state index contributed by atoms with van der Waals surface area (Å²) in [6.45, 7) is 3.23. The van der Waals surface area contributed by atoms with Crippen LogP contribution >= 0.6 is 0 Å². The molecule has 1 aromatic rings. The number of benzene rings is 1. The maximum absolute atomic E-state index is 12.4. The van der Waals surface area contributed by atoms with Crippen LogP contribution in [0.3, 0.4) is 0 Å². The Labute approximate surface area is 112 Å². The summed E-state index contributed by atoms with van der Waals surface area (Å²) in [5.74, 6) is 0.0770. The number of aromatic hydroxyl groups is 1. The van der Waals surface area contributed by atoms with E-state index in [0.29, 0.717) is 38.3 Å². The molecule has 1 amide bonds. The second kappa shape index (κ2) is 5.59. The Balaban J connectivity index is 2.12. The summed E-state index contributed by atoms with van der Waals surface area (Å²) >= 11 is 0. The molecule has 1 aliphatic heterocycles. The van der Waals surface area contributed by atoms with Crippen molar-refractivity contribution >= 4 is 11.6 Å². The summed E-state index contributed by atoms with van der Waals surface area (Å²) in [6, 6.07) is 5.09. The van der Waals surface area contributed by atoms with Gasteiger partial charge in [0.25, 0.3) is 0 Å². The maximum Gasteiger partial charge on any atom is 0.232 e. The van der Waals surface area contributed by atoms with Crippen LogP contribution in [0.15, 0.2) is 18.2 Å². The quantitative estimate of drug-likeness (QED) is 0.770. The van der Waals surface area contributed by atoms with Gasteiger partial charge < -0.3 is 20.9 Å². The molecule has 1 fully saturated rings. The summed E-state index contributed by atoms with van der Waals surface area (Å²) in [7, 11) is 0. The number of nitrogens with one attached hydrogen (secondary N) is 1. The van der Waals surface area contributed by atoms with Crippen molar-refractivity contribution in [3.8, 4) is 5.75 Å². The monoisotopic (exact) mass is 264 g/mol. The SMILES string of the molecule is Cc1ccc(NC(=O)C2(CN)CCOCC2)cc1O. The normalized spacial score (nSPS) is 18.0. The molecule has 1 heterocycles. The molecule has 0 atom stereocenters. The molecule has 0 aliphatic carbocycles. The van der Waals surface area contributed by atoms with Crippen molar-refractivity contribution in [2.75, 3.05) is 25.1 Å². The molecule has 4 N–H and O–H groups in total. The van der Waals surface area contributed by atoms with Crippen LogP contribution in [-0.4, -0.2) is 30.8 Å². The Bertz CT molecular complexity index is 468. The number of anilines is 1. The van der Waals surface area contributed by atoms with Crippen molar-refractivity contribution < 1.29 is 14.6 Å². The molecule has 5 nitrogen and oxygen atoms in total. The first-order valence-corrected chi connectivity index (χ1v) is 6.46. The van der Waals surface area contributed by atoms with Gasteiger partial charge in [-0.1, -0.05) is 6.07 Å². The van der Waals surface area contributed by atoms with Gasteiger partial charge in [-0.15, -0.1) is 0 Å². The fourth-order valence-electron chi connectivity index (χ4n) is 2.24. The Kier molecular flexibility index (Phi) is 4.07. The van der Waals surface area contributed by atoms with Gasteiger partial charge >= 0.3 is 0 Å². The minimum Gasteiger partial charge on any atom is -0.508 e. The van der Waals surface area contributed by atoms with E-state index in [-0.39, 0.29) is 11.7 Å². The van der Waals surface area contributed by atoms with E-state index in [1.807, 2.05) is 0 Å². The van der Waals surface area contributed by atoms with E-state index in [9.17, 15) is 9.90 Å². The summed E-state index contributed by atoms with van der Waals surface area (Å²) < 4.78 is 5.29. The van der Waals surface area contributed by atoms with Crippen LogP contribution < -0.4 is 11.1 Å². The van der Waals surface area contributed by atoms with Gasteiger partial charge in [-0.2, -0.15) is 0 Å². The number of amides is 1. The van der Waals surface area contributed by atoms with Gasteiger partial charge in [0.2, 0.25) is 5.91 Å². The Hall–Kier alpha value is -1.59. The smallest absolute Gasteiger partial charge is 0.232 e. The highest BCUT2D eigenvalue weighted by Crippen LogP contribution is 2.31. The molecule has 0 unspecified atom stereocenters. The molecule has 0 spiro atoms. The van der Waals surface area contributed by atoms with Crippen LogP contribution in [0.4, 0.5) is 5.69 Å². The van der Waals surface area contributed by atoms with E-state index in [1.54, 1.807) is 25.1 Å². The highest BCUT2D eigenvalue weighted by Gasteiger charge is 2.38. The first-order valence-electron chi connectivity index (χ1n) is 6.46. The van der Waals surface area contributed by atoms with E-state index >= 15 is 0 Å². The minimum absolute atomic E-state index is 0.0958. The maximum atomic E-state index is 12.4. The number of nitrogens with two attached hydrogens (primary N) is 1. The third-order valence-electron chi connectivity index (χ3n) is 3.79. The van der Waals surface area contributed by atoms with Gasteiger partial charge in [0.15, 0.2) is 0 Å². The number of phenols is 1. The standard InChI is InChI=1S/C14H20N2O3/c1-10-2-3-11(8-12(10)17)16-13(18)14(9-15)4-6-19-7-5-14/h2-3,8,17H,4-7,9,15H2,1H3,(H,16,18). The van der Waals surface area contributed by atoms with Gasteiger partial charge in [0.05, 0.1) is 5.41 Å². The second-order valence-electron chi connectivity index (χ2n) is 5.05. The van der Waals surface area contributed by atoms with Gasteiger partial charge in [-0.3, -0.25) is 4.79 Å². The Morgan fingerprint density at radius 2 is 2.16 bits per heavy atom. The highest BCUT2D eigenvalue weighted by molar-refractivity contribution is 5.95. The first kappa shape index (κ1) is 13.8. The van der Waals surface area contributed by atoms with Crippen LogP contribution in [0.25, 0.3) is 0 Å². The van der Waals surface area contributed by atoms with Gasteiger partial charge in [-0.25, -0.2) is 0 Å². The van der Waals surface area contributed by atoms with E-state index in [2.05, 4.69) is 5.32 Å². The van der Waals surface area contributed by atoms with Gasteiger partial charge in [-0.05, 0) is 31.4 Å². The molecule has 19 heavy (non-hydrogen) atoms. The Morgan fingerprint density at radius 1 is 1.47 bits per heavy atom. The third-order valence-corrected chi connectivity index (χ3v) is 3.79.